The van der Waals surface area contributed by atoms with Crippen molar-refractivity contribution in [2.24, 2.45) is 5.92 Å². The second-order valence-electron chi connectivity index (χ2n) is 4.54. The van der Waals surface area contributed by atoms with E-state index in [1.54, 1.807) is 6.07 Å². The maximum Gasteiger partial charge on any atom is 0.124 e. The summed E-state index contributed by atoms with van der Waals surface area (Å²) in [5.74, 6) is 0.533. The van der Waals surface area contributed by atoms with Crippen LogP contribution in [0, 0.1) is 11.7 Å². The van der Waals surface area contributed by atoms with Gasteiger partial charge in [0.15, 0.2) is 0 Å². The molecule has 1 aliphatic carbocycles. The molecule has 0 heterocycles. The van der Waals surface area contributed by atoms with E-state index in [9.17, 15) is 4.39 Å². The minimum atomic E-state index is -0.271. The van der Waals surface area contributed by atoms with Gasteiger partial charge in [-0.05, 0) is 37.1 Å². The van der Waals surface area contributed by atoms with Gasteiger partial charge in [-0.3, -0.25) is 0 Å². The Morgan fingerprint density at radius 3 is 2.75 bits per heavy atom. The lowest BCUT2D eigenvalue weighted by atomic mass is 9.79. The van der Waals surface area contributed by atoms with Crippen molar-refractivity contribution >= 4 is 11.6 Å². The molecule has 16 heavy (non-hydrogen) atoms. The highest BCUT2D eigenvalue weighted by Gasteiger charge is 2.23. The third-order valence-corrected chi connectivity index (χ3v) is 3.81. The minimum absolute atomic E-state index is 0.249. The topological polar surface area (TPSA) is 12.0 Å². The van der Waals surface area contributed by atoms with E-state index in [-0.39, 0.29) is 11.9 Å². The zero-order chi connectivity index (χ0) is 11.5. The number of nitrogens with one attached hydrogen (secondary N) is 1. The van der Waals surface area contributed by atoms with Gasteiger partial charge in [0.25, 0.3) is 0 Å². The van der Waals surface area contributed by atoms with Crippen LogP contribution in [0.5, 0.6) is 0 Å². The molecule has 0 aliphatic heterocycles. The SMILES string of the molecule is CNC(CC1CCC1)c1ccc(F)cc1Cl. The lowest BCUT2D eigenvalue weighted by molar-refractivity contribution is 0.265. The average molecular weight is 242 g/mol. The fourth-order valence-corrected chi connectivity index (χ4v) is 2.55. The predicted octanol–water partition coefficient (Wildman–Crippen LogP) is 3.93. The monoisotopic (exact) mass is 241 g/mol. The van der Waals surface area contributed by atoms with E-state index >= 15 is 0 Å². The van der Waals surface area contributed by atoms with Crippen molar-refractivity contribution in [2.75, 3.05) is 7.05 Å². The van der Waals surface area contributed by atoms with E-state index in [1.165, 1.54) is 31.4 Å². The summed E-state index contributed by atoms with van der Waals surface area (Å²) < 4.78 is 12.9. The third kappa shape index (κ3) is 2.55. The van der Waals surface area contributed by atoms with E-state index in [0.29, 0.717) is 5.02 Å². The smallest absolute Gasteiger partial charge is 0.124 e. The van der Waals surface area contributed by atoms with Crippen LogP contribution in [0.3, 0.4) is 0 Å². The molecule has 0 radical (unpaired) electrons. The summed E-state index contributed by atoms with van der Waals surface area (Å²) in [4.78, 5) is 0. The Hall–Kier alpha value is -0.600. The van der Waals surface area contributed by atoms with Gasteiger partial charge in [-0.15, -0.1) is 0 Å². The molecule has 1 nitrogen and oxygen atoms in total. The Kier molecular flexibility index (Phi) is 3.82. The second-order valence-corrected chi connectivity index (χ2v) is 4.95. The van der Waals surface area contributed by atoms with E-state index in [1.807, 2.05) is 7.05 Å². The van der Waals surface area contributed by atoms with E-state index in [4.69, 9.17) is 11.6 Å². The van der Waals surface area contributed by atoms with Gasteiger partial charge in [0.1, 0.15) is 5.82 Å². The van der Waals surface area contributed by atoms with Crippen LogP contribution in [0.25, 0.3) is 0 Å². The van der Waals surface area contributed by atoms with Crippen LogP contribution in [0.4, 0.5) is 4.39 Å². The number of hydrogen-bond acceptors (Lipinski definition) is 1. The molecule has 1 unspecified atom stereocenters. The van der Waals surface area contributed by atoms with Gasteiger partial charge in [0, 0.05) is 11.1 Å². The fraction of sp³-hybridized carbons (Fsp3) is 0.538. The Bertz CT molecular complexity index is 363. The van der Waals surface area contributed by atoms with Crippen molar-refractivity contribution in [1.29, 1.82) is 0 Å². The molecule has 0 spiro atoms. The standard InChI is InChI=1S/C13H17ClFN/c1-16-13(7-9-3-2-4-9)11-6-5-10(15)8-12(11)14/h5-6,8-9,13,16H,2-4,7H2,1H3. The second kappa shape index (κ2) is 5.15. The molecule has 1 aromatic carbocycles. The lowest BCUT2D eigenvalue weighted by Crippen LogP contribution is -2.23. The molecular weight excluding hydrogens is 225 g/mol. The van der Waals surface area contributed by atoms with Gasteiger partial charge in [-0.2, -0.15) is 0 Å². The van der Waals surface area contributed by atoms with Gasteiger partial charge >= 0.3 is 0 Å². The zero-order valence-corrected chi connectivity index (χ0v) is 10.2. The van der Waals surface area contributed by atoms with Crippen LogP contribution in [-0.2, 0) is 0 Å². The van der Waals surface area contributed by atoms with Crippen molar-refractivity contribution < 1.29 is 4.39 Å². The molecule has 0 saturated heterocycles. The number of hydrogen-bond donors (Lipinski definition) is 1. The van der Waals surface area contributed by atoms with Crippen molar-refractivity contribution in [2.45, 2.75) is 31.7 Å². The first-order valence-corrected chi connectivity index (χ1v) is 6.20. The molecule has 1 N–H and O–H groups in total. The molecular formula is C13H17ClFN. The van der Waals surface area contributed by atoms with E-state index in [0.717, 1.165) is 17.9 Å². The highest BCUT2D eigenvalue weighted by Crippen LogP contribution is 2.36. The largest absolute Gasteiger partial charge is 0.313 e. The van der Waals surface area contributed by atoms with Crippen molar-refractivity contribution in [3.8, 4) is 0 Å². The molecule has 0 amide bonds. The van der Waals surface area contributed by atoms with Crippen LogP contribution in [-0.4, -0.2) is 7.05 Å². The molecule has 1 aliphatic rings. The molecule has 0 aromatic heterocycles. The maximum atomic E-state index is 12.9. The molecule has 88 valence electrons. The Balaban J connectivity index is 2.11. The van der Waals surface area contributed by atoms with Crippen LogP contribution < -0.4 is 5.32 Å². The summed E-state index contributed by atoms with van der Waals surface area (Å²) >= 11 is 6.07. The molecule has 1 fully saturated rings. The first-order valence-electron chi connectivity index (χ1n) is 5.83. The third-order valence-electron chi connectivity index (χ3n) is 3.48. The zero-order valence-electron chi connectivity index (χ0n) is 9.47. The maximum absolute atomic E-state index is 12.9. The fourth-order valence-electron chi connectivity index (χ4n) is 2.25. The lowest BCUT2D eigenvalue weighted by Gasteiger charge is -2.30. The molecule has 1 aromatic rings. The Labute approximate surface area is 101 Å². The molecule has 0 bridgehead atoms. The summed E-state index contributed by atoms with van der Waals surface area (Å²) in [7, 11) is 1.93. The van der Waals surface area contributed by atoms with Crippen LogP contribution in [0.15, 0.2) is 18.2 Å². The normalized spacial score (nSPS) is 18.2. The highest BCUT2D eigenvalue weighted by atomic mass is 35.5. The van der Waals surface area contributed by atoms with Gasteiger partial charge in [0.2, 0.25) is 0 Å². The van der Waals surface area contributed by atoms with Crippen molar-refractivity contribution in [1.82, 2.24) is 5.32 Å². The van der Waals surface area contributed by atoms with Crippen LogP contribution >= 0.6 is 11.6 Å². The number of benzene rings is 1. The Morgan fingerprint density at radius 1 is 1.50 bits per heavy atom. The molecule has 1 atom stereocenters. The van der Waals surface area contributed by atoms with Gasteiger partial charge < -0.3 is 5.32 Å². The van der Waals surface area contributed by atoms with Gasteiger partial charge in [-0.1, -0.05) is 36.9 Å². The first kappa shape index (κ1) is 11.9. The van der Waals surface area contributed by atoms with E-state index in [2.05, 4.69) is 5.32 Å². The summed E-state index contributed by atoms with van der Waals surface area (Å²) in [5, 5.41) is 3.80. The summed E-state index contributed by atoms with van der Waals surface area (Å²) in [6.45, 7) is 0. The first-order chi connectivity index (χ1) is 7.70. The molecule has 1 saturated carbocycles. The number of halogens is 2. The molecule has 2 rings (SSSR count). The van der Waals surface area contributed by atoms with Gasteiger partial charge in [-0.25, -0.2) is 4.39 Å². The summed E-state index contributed by atoms with van der Waals surface area (Å²) in [6, 6.07) is 4.91. The summed E-state index contributed by atoms with van der Waals surface area (Å²) in [6.07, 6.45) is 5.08. The van der Waals surface area contributed by atoms with Crippen molar-refractivity contribution in [3.05, 3.63) is 34.6 Å². The van der Waals surface area contributed by atoms with Crippen LogP contribution in [0.1, 0.15) is 37.3 Å². The van der Waals surface area contributed by atoms with E-state index < -0.39 is 0 Å². The average Bonchev–Trinajstić information content (AvgIpc) is 2.18. The Morgan fingerprint density at radius 2 is 2.25 bits per heavy atom. The highest BCUT2D eigenvalue weighted by molar-refractivity contribution is 6.31. The molecule has 3 heteroatoms. The number of rotatable bonds is 4. The quantitative estimate of drug-likeness (QED) is 0.842. The van der Waals surface area contributed by atoms with Crippen molar-refractivity contribution in [3.63, 3.8) is 0 Å². The van der Waals surface area contributed by atoms with Gasteiger partial charge in [0.05, 0.1) is 0 Å². The summed E-state index contributed by atoms with van der Waals surface area (Å²) in [5.41, 5.74) is 1.01. The van der Waals surface area contributed by atoms with Crippen LogP contribution in [0.2, 0.25) is 5.02 Å². The predicted molar refractivity (Wildman–Crippen MR) is 65.2 cm³/mol. The minimum Gasteiger partial charge on any atom is -0.313 e.